The Labute approximate surface area is 126 Å². The van der Waals surface area contributed by atoms with Crippen molar-refractivity contribution in [1.29, 1.82) is 0 Å². The first-order valence-electron chi connectivity index (χ1n) is 6.08. The lowest BCUT2D eigenvalue weighted by molar-refractivity contribution is 0.415. The Hall–Kier alpha value is -1.37. The molecule has 0 saturated heterocycles. The molecule has 0 saturated carbocycles. The van der Waals surface area contributed by atoms with Gasteiger partial charge in [0, 0.05) is 12.1 Å². The van der Waals surface area contributed by atoms with Crippen LogP contribution in [0.5, 0.6) is 5.75 Å². The molecule has 1 heterocycles. The zero-order valence-electron chi connectivity index (χ0n) is 11.2. The highest BCUT2D eigenvalue weighted by Crippen LogP contribution is 2.24. The molecule has 1 N–H and O–H groups in total. The van der Waals surface area contributed by atoms with E-state index in [0.29, 0.717) is 0 Å². The largest absolute Gasteiger partial charge is 0.497 e. The van der Waals surface area contributed by atoms with E-state index in [1.54, 1.807) is 7.11 Å². The maximum absolute atomic E-state index is 5.16. The summed E-state index contributed by atoms with van der Waals surface area (Å²) in [6.07, 6.45) is 0. The SMILES string of the molecule is CCNc1nc(-c2ccc(OC)cc2)nc(C)c1I. The monoisotopic (exact) mass is 369 g/mol. The number of methoxy groups -OCH3 is 1. The molecule has 19 heavy (non-hydrogen) atoms. The summed E-state index contributed by atoms with van der Waals surface area (Å²) < 4.78 is 6.22. The Kier molecular flexibility index (Phi) is 4.57. The van der Waals surface area contributed by atoms with Gasteiger partial charge in [0.15, 0.2) is 5.82 Å². The Morgan fingerprint density at radius 1 is 1.21 bits per heavy atom. The Morgan fingerprint density at radius 2 is 1.89 bits per heavy atom. The van der Waals surface area contributed by atoms with Crippen molar-refractivity contribution in [1.82, 2.24) is 9.97 Å². The van der Waals surface area contributed by atoms with Crippen LogP contribution in [0, 0.1) is 10.5 Å². The minimum absolute atomic E-state index is 0.733. The number of rotatable bonds is 4. The van der Waals surface area contributed by atoms with Crippen molar-refractivity contribution >= 4 is 28.4 Å². The Bertz CT molecular complexity index is 570. The first-order chi connectivity index (χ1) is 9.15. The zero-order chi connectivity index (χ0) is 13.8. The number of ether oxygens (including phenoxy) is 1. The number of hydrogen-bond acceptors (Lipinski definition) is 4. The summed E-state index contributed by atoms with van der Waals surface area (Å²) in [6.45, 7) is 4.90. The van der Waals surface area contributed by atoms with E-state index in [0.717, 1.165) is 38.8 Å². The number of anilines is 1. The normalized spacial score (nSPS) is 10.3. The van der Waals surface area contributed by atoms with Crippen LogP contribution >= 0.6 is 22.6 Å². The van der Waals surface area contributed by atoms with Crippen LogP contribution < -0.4 is 10.1 Å². The molecule has 0 amide bonds. The molecule has 5 heteroatoms. The fourth-order valence-corrected chi connectivity index (χ4v) is 2.14. The van der Waals surface area contributed by atoms with E-state index < -0.39 is 0 Å². The Morgan fingerprint density at radius 3 is 2.47 bits per heavy atom. The van der Waals surface area contributed by atoms with Crippen LogP contribution in [-0.2, 0) is 0 Å². The number of halogens is 1. The molecule has 1 aromatic heterocycles. The third-order valence-electron chi connectivity index (χ3n) is 2.71. The molecule has 0 aliphatic heterocycles. The van der Waals surface area contributed by atoms with Gasteiger partial charge >= 0.3 is 0 Å². The number of aryl methyl sites for hydroxylation is 1. The smallest absolute Gasteiger partial charge is 0.161 e. The van der Waals surface area contributed by atoms with Crippen molar-refractivity contribution in [2.24, 2.45) is 0 Å². The molecule has 0 aliphatic rings. The molecule has 0 unspecified atom stereocenters. The van der Waals surface area contributed by atoms with Crippen LogP contribution in [0.4, 0.5) is 5.82 Å². The minimum Gasteiger partial charge on any atom is -0.497 e. The highest BCUT2D eigenvalue weighted by molar-refractivity contribution is 14.1. The van der Waals surface area contributed by atoms with Crippen LogP contribution in [0.3, 0.4) is 0 Å². The van der Waals surface area contributed by atoms with Crippen LogP contribution in [0.2, 0.25) is 0 Å². The van der Waals surface area contributed by atoms with Crippen molar-refractivity contribution in [2.45, 2.75) is 13.8 Å². The first kappa shape index (κ1) is 14.0. The van der Waals surface area contributed by atoms with Gasteiger partial charge in [0.25, 0.3) is 0 Å². The summed E-state index contributed by atoms with van der Waals surface area (Å²) in [7, 11) is 1.66. The molecule has 2 aromatic rings. The molecular weight excluding hydrogens is 353 g/mol. The third-order valence-corrected chi connectivity index (χ3v) is 4.00. The third kappa shape index (κ3) is 3.15. The molecule has 4 nitrogen and oxygen atoms in total. The number of nitrogens with one attached hydrogen (secondary N) is 1. The van der Waals surface area contributed by atoms with Gasteiger partial charge in [-0.1, -0.05) is 0 Å². The lowest BCUT2D eigenvalue weighted by atomic mass is 10.2. The summed E-state index contributed by atoms with van der Waals surface area (Å²) in [6, 6.07) is 7.77. The van der Waals surface area contributed by atoms with Gasteiger partial charge in [0.05, 0.1) is 16.4 Å². The number of hydrogen-bond donors (Lipinski definition) is 1. The molecule has 0 atom stereocenters. The average Bonchev–Trinajstić information content (AvgIpc) is 2.44. The fraction of sp³-hybridized carbons (Fsp3) is 0.286. The van der Waals surface area contributed by atoms with Gasteiger partial charge in [0.2, 0.25) is 0 Å². The number of nitrogens with zero attached hydrogens (tertiary/aromatic N) is 2. The van der Waals surface area contributed by atoms with Gasteiger partial charge in [-0.3, -0.25) is 0 Å². The van der Waals surface area contributed by atoms with Gasteiger partial charge in [-0.05, 0) is 60.7 Å². The van der Waals surface area contributed by atoms with Crippen molar-refractivity contribution in [3.63, 3.8) is 0 Å². The van der Waals surface area contributed by atoms with Crippen molar-refractivity contribution in [3.05, 3.63) is 33.5 Å². The van der Waals surface area contributed by atoms with Gasteiger partial charge < -0.3 is 10.1 Å². The maximum Gasteiger partial charge on any atom is 0.161 e. The van der Waals surface area contributed by atoms with Crippen LogP contribution in [0.15, 0.2) is 24.3 Å². The standard InChI is InChI=1S/C14H16IN3O/c1-4-16-14-12(15)9(2)17-13(18-14)10-5-7-11(19-3)8-6-10/h5-8H,4H2,1-3H3,(H,16,17,18). The van der Waals surface area contributed by atoms with Gasteiger partial charge in [-0.2, -0.15) is 0 Å². The average molecular weight is 369 g/mol. The lowest BCUT2D eigenvalue weighted by Gasteiger charge is -2.10. The number of benzene rings is 1. The maximum atomic E-state index is 5.16. The van der Waals surface area contributed by atoms with Gasteiger partial charge in [-0.25, -0.2) is 9.97 Å². The predicted molar refractivity (Wildman–Crippen MR) is 85.6 cm³/mol. The van der Waals surface area contributed by atoms with E-state index in [1.165, 1.54) is 0 Å². The minimum atomic E-state index is 0.733. The van der Waals surface area contributed by atoms with Crippen LogP contribution in [-0.4, -0.2) is 23.6 Å². The molecule has 0 fully saturated rings. The van der Waals surface area contributed by atoms with E-state index in [9.17, 15) is 0 Å². The second-order valence-corrected chi connectivity index (χ2v) is 5.13. The summed E-state index contributed by atoms with van der Waals surface area (Å²) in [5.74, 6) is 2.45. The summed E-state index contributed by atoms with van der Waals surface area (Å²) in [5.41, 5.74) is 1.97. The second kappa shape index (κ2) is 6.18. The van der Waals surface area contributed by atoms with E-state index in [4.69, 9.17) is 4.74 Å². The van der Waals surface area contributed by atoms with E-state index >= 15 is 0 Å². The van der Waals surface area contributed by atoms with Crippen LogP contribution in [0.25, 0.3) is 11.4 Å². The lowest BCUT2D eigenvalue weighted by Crippen LogP contribution is -2.06. The Balaban J connectivity index is 2.43. The second-order valence-electron chi connectivity index (χ2n) is 4.05. The molecular formula is C14H16IN3O. The fourth-order valence-electron chi connectivity index (χ4n) is 1.71. The van der Waals surface area contributed by atoms with Crippen LogP contribution in [0.1, 0.15) is 12.6 Å². The van der Waals surface area contributed by atoms with E-state index in [1.807, 2.05) is 31.2 Å². The van der Waals surface area contributed by atoms with Crippen molar-refractivity contribution in [2.75, 3.05) is 19.0 Å². The summed E-state index contributed by atoms with van der Waals surface area (Å²) >= 11 is 2.27. The molecule has 0 spiro atoms. The number of aromatic nitrogens is 2. The quantitative estimate of drug-likeness (QED) is 0.839. The zero-order valence-corrected chi connectivity index (χ0v) is 13.4. The van der Waals surface area contributed by atoms with Crippen molar-refractivity contribution in [3.8, 4) is 17.1 Å². The molecule has 100 valence electrons. The van der Waals surface area contributed by atoms with Crippen molar-refractivity contribution < 1.29 is 4.74 Å². The summed E-state index contributed by atoms with van der Waals surface area (Å²) in [4.78, 5) is 9.12. The molecule has 1 aromatic carbocycles. The van der Waals surface area contributed by atoms with E-state index in [2.05, 4.69) is 44.8 Å². The predicted octanol–water partition coefficient (Wildman–Crippen LogP) is 3.50. The molecule has 0 aliphatic carbocycles. The molecule has 0 radical (unpaired) electrons. The topological polar surface area (TPSA) is 47.0 Å². The first-order valence-corrected chi connectivity index (χ1v) is 7.16. The van der Waals surface area contributed by atoms with Gasteiger partial charge in [-0.15, -0.1) is 0 Å². The highest BCUT2D eigenvalue weighted by Gasteiger charge is 2.10. The van der Waals surface area contributed by atoms with Gasteiger partial charge in [0.1, 0.15) is 11.6 Å². The molecule has 0 bridgehead atoms. The van der Waals surface area contributed by atoms with E-state index in [-0.39, 0.29) is 0 Å². The molecule has 2 rings (SSSR count). The summed E-state index contributed by atoms with van der Waals surface area (Å²) in [5, 5.41) is 3.27. The highest BCUT2D eigenvalue weighted by atomic mass is 127.